The van der Waals surface area contributed by atoms with Gasteiger partial charge in [-0.3, -0.25) is 0 Å². The van der Waals surface area contributed by atoms with Crippen molar-refractivity contribution in [1.82, 2.24) is 0 Å². The first-order chi connectivity index (χ1) is 9.38. The lowest BCUT2D eigenvalue weighted by Gasteiger charge is -2.43. The van der Waals surface area contributed by atoms with E-state index in [9.17, 15) is 0 Å². The SMILES string of the molecule is C=COCC1CC2CC1C1C3CC(C4CCCC43)C21. The highest BCUT2D eigenvalue weighted by Crippen LogP contribution is 2.73. The summed E-state index contributed by atoms with van der Waals surface area (Å²) in [6.07, 6.45) is 11.0. The lowest BCUT2D eigenvalue weighted by molar-refractivity contribution is 0.0266. The van der Waals surface area contributed by atoms with Gasteiger partial charge >= 0.3 is 0 Å². The predicted molar refractivity (Wildman–Crippen MR) is 75.3 cm³/mol. The van der Waals surface area contributed by atoms with Crippen molar-refractivity contribution >= 4 is 0 Å². The van der Waals surface area contributed by atoms with E-state index in [0.717, 1.165) is 59.9 Å². The molecule has 0 radical (unpaired) electrons. The average Bonchev–Trinajstić information content (AvgIpc) is 3.13. The molecule has 1 heteroatoms. The molecular formula is C18H26O. The molecule has 5 rings (SSSR count). The predicted octanol–water partition coefficient (Wildman–Crippen LogP) is 4.10. The molecule has 0 aromatic carbocycles. The van der Waals surface area contributed by atoms with Crippen LogP contribution >= 0.6 is 0 Å². The van der Waals surface area contributed by atoms with Crippen LogP contribution < -0.4 is 0 Å². The molecule has 5 saturated carbocycles. The Morgan fingerprint density at radius 1 is 0.895 bits per heavy atom. The van der Waals surface area contributed by atoms with E-state index in [-0.39, 0.29) is 0 Å². The van der Waals surface area contributed by atoms with Crippen LogP contribution in [0.1, 0.15) is 38.5 Å². The molecule has 9 unspecified atom stereocenters. The number of fused-ring (bicyclic) bond motifs is 12. The minimum Gasteiger partial charge on any atom is -0.502 e. The quantitative estimate of drug-likeness (QED) is 0.547. The second-order valence-corrected chi connectivity index (χ2v) is 8.13. The molecule has 0 spiro atoms. The molecule has 9 atom stereocenters. The highest BCUT2D eigenvalue weighted by Gasteiger charge is 2.67. The van der Waals surface area contributed by atoms with Crippen LogP contribution in [0.5, 0.6) is 0 Å². The van der Waals surface area contributed by atoms with E-state index >= 15 is 0 Å². The maximum absolute atomic E-state index is 5.55. The Balaban J connectivity index is 1.41. The molecule has 0 saturated heterocycles. The van der Waals surface area contributed by atoms with Crippen molar-refractivity contribution in [3.8, 4) is 0 Å². The minimum atomic E-state index is 0.864. The molecule has 0 heterocycles. The minimum absolute atomic E-state index is 0.864. The Bertz CT molecular complexity index is 402. The molecule has 104 valence electrons. The standard InChI is InChI=1S/C18H26O/c1-2-19-9-11-6-10-7-14(11)18-16-8-15(17(10)18)12-4-3-5-13(12)16/h2,10-18H,1,3-9H2. The third kappa shape index (κ3) is 1.28. The van der Waals surface area contributed by atoms with E-state index < -0.39 is 0 Å². The number of hydrogen-bond acceptors (Lipinski definition) is 1. The Hall–Kier alpha value is -0.460. The van der Waals surface area contributed by atoms with Gasteiger partial charge in [0, 0.05) is 0 Å². The van der Waals surface area contributed by atoms with Crippen LogP contribution in [0, 0.1) is 53.3 Å². The van der Waals surface area contributed by atoms with Gasteiger partial charge in [0.2, 0.25) is 0 Å². The van der Waals surface area contributed by atoms with Crippen LogP contribution in [-0.4, -0.2) is 6.61 Å². The Morgan fingerprint density at radius 3 is 2.47 bits per heavy atom. The molecule has 0 aromatic rings. The number of hydrogen-bond donors (Lipinski definition) is 0. The van der Waals surface area contributed by atoms with Gasteiger partial charge in [0.1, 0.15) is 0 Å². The summed E-state index contributed by atoms with van der Waals surface area (Å²) in [5.74, 6) is 9.80. The van der Waals surface area contributed by atoms with Crippen molar-refractivity contribution < 1.29 is 4.74 Å². The zero-order valence-corrected chi connectivity index (χ0v) is 11.8. The molecule has 0 aliphatic heterocycles. The molecule has 4 bridgehead atoms. The second-order valence-electron chi connectivity index (χ2n) is 8.13. The fraction of sp³-hybridized carbons (Fsp3) is 0.889. The summed E-state index contributed by atoms with van der Waals surface area (Å²) < 4.78 is 5.55. The molecule has 5 aliphatic rings. The maximum Gasteiger partial charge on any atom is 0.0903 e. The summed E-state index contributed by atoms with van der Waals surface area (Å²) >= 11 is 0. The van der Waals surface area contributed by atoms with E-state index in [1.807, 2.05) is 0 Å². The summed E-state index contributed by atoms with van der Waals surface area (Å²) in [6, 6.07) is 0. The average molecular weight is 258 g/mol. The maximum atomic E-state index is 5.55. The van der Waals surface area contributed by atoms with Gasteiger partial charge in [0.15, 0.2) is 0 Å². The molecule has 5 aliphatic carbocycles. The van der Waals surface area contributed by atoms with Crippen molar-refractivity contribution in [3.63, 3.8) is 0 Å². The second kappa shape index (κ2) is 3.80. The van der Waals surface area contributed by atoms with E-state index in [1.54, 1.807) is 38.4 Å². The van der Waals surface area contributed by atoms with Crippen LogP contribution in [0.25, 0.3) is 0 Å². The third-order valence-electron chi connectivity index (χ3n) is 7.96. The summed E-state index contributed by atoms with van der Waals surface area (Å²) in [5, 5.41) is 0. The smallest absolute Gasteiger partial charge is 0.0903 e. The van der Waals surface area contributed by atoms with Gasteiger partial charge in [-0.2, -0.15) is 0 Å². The largest absolute Gasteiger partial charge is 0.502 e. The fourth-order valence-corrected chi connectivity index (χ4v) is 7.84. The van der Waals surface area contributed by atoms with Gasteiger partial charge in [-0.25, -0.2) is 0 Å². The van der Waals surface area contributed by atoms with Gasteiger partial charge in [-0.1, -0.05) is 13.0 Å². The van der Waals surface area contributed by atoms with Crippen molar-refractivity contribution in [2.75, 3.05) is 6.61 Å². The van der Waals surface area contributed by atoms with Crippen molar-refractivity contribution in [2.24, 2.45) is 53.3 Å². The van der Waals surface area contributed by atoms with Crippen molar-refractivity contribution in [1.29, 1.82) is 0 Å². The van der Waals surface area contributed by atoms with E-state index in [2.05, 4.69) is 6.58 Å². The van der Waals surface area contributed by atoms with Crippen molar-refractivity contribution in [3.05, 3.63) is 12.8 Å². The molecule has 0 aromatic heterocycles. The molecular weight excluding hydrogens is 232 g/mol. The van der Waals surface area contributed by atoms with Crippen molar-refractivity contribution in [2.45, 2.75) is 38.5 Å². The number of ether oxygens (including phenoxy) is 1. The zero-order valence-electron chi connectivity index (χ0n) is 11.8. The summed E-state index contributed by atoms with van der Waals surface area (Å²) in [5.41, 5.74) is 0. The Kier molecular flexibility index (Phi) is 2.24. The van der Waals surface area contributed by atoms with Gasteiger partial charge in [-0.15, -0.1) is 0 Å². The monoisotopic (exact) mass is 258 g/mol. The van der Waals surface area contributed by atoms with Gasteiger partial charge in [0.25, 0.3) is 0 Å². The normalized spacial score (nSPS) is 60.3. The van der Waals surface area contributed by atoms with Crippen LogP contribution in [0.2, 0.25) is 0 Å². The first kappa shape index (κ1) is 11.2. The molecule has 0 amide bonds. The van der Waals surface area contributed by atoms with Crippen LogP contribution in [0.3, 0.4) is 0 Å². The summed E-state index contributed by atoms with van der Waals surface area (Å²) in [6.45, 7) is 4.67. The van der Waals surface area contributed by atoms with Gasteiger partial charge in [-0.05, 0) is 85.4 Å². The third-order valence-corrected chi connectivity index (χ3v) is 7.96. The van der Waals surface area contributed by atoms with Crippen LogP contribution in [-0.2, 0) is 4.74 Å². The van der Waals surface area contributed by atoms with Crippen LogP contribution in [0.4, 0.5) is 0 Å². The topological polar surface area (TPSA) is 9.23 Å². The fourth-order valence-electron chi connectivity index (χ4n) is 7.84. The molecule has 1 nitrogen and oxygen atoms in total. The Morgan fingerprint density at radius 2 is 1.68 bits per heavy atom. The van der Waals surface area contributed by atoms with Gasteiger partial charge in [0.05, 0.1) is 12.9 Å². The first-order valence-corrected chi connectivity index (χ1v) is 8.61. The Labute approximate surface area is 116 Å². The highest BCUT2D eigenvalue weighted by atomic mass is 16.5. The van der Waals surface area contributed by atoms with E-state index in [0.29, 0.717) is 0 Å². The highest BCUT2D eigenvalue weighted by molar-refractivity contribution is 5.15. The van der Waals surface area contributed by atoms with E-state index in [1.165, 1.54) is 6.42 Å². The molecule has 5 fully saturated rings. The van der Waals surface area contributed by atoms with Gasteiger partial charge < -0.3 is 4.74 Å². The van der Waals surface area contributed by atoms with Crippen LogP contribution in [0.15, 0.2) is 12.8 Å². The molecule has 0 N–H and O–H groups in total. The number of rotatable bonds is 3. The first-order valence-electron chi connectivity index (χ1n) is 8.61. The summed E-state index contributed by atoms with van der Waals surface area (Å²) in [4.78, 5) is 0. The lowest BCUT2D eigenvalue weighted by Crippen LogP contribution is -2.39. The molecule has 19 heavy (non-hydrogen) atoms. The summed E-state index contributed by atoms with van der Waals surface area (Å²) in [7, 11) is 0. The zero-order chi connectivity index (χ0) is 12.6. The lowest BCUT2D eigenvalue weighted by atomic mass is 9.62. The van der Waals surface area contributed by atoms with E-state index in [4.69, 9.17) is 4.74 Å².